The highest BCUT2D eigenvalue weighted by Crippen LogP contribution is 2.40. The number of nitrogens with one attached hydrogen (secondary N) is 1. The summed E-state index contributed by atoms with van der Waals surface area (Å²) in [6.45, 7) is 0.595. The zero-order chi connectivity index (χ0) is 19.5. The van der Waals surface area contributed by atoms with Crippen molar-refractivity contribution in [2.75, 3.05) is 19.0 Å². The number of likely N-dealkylation sites (tertiary alicyclic amines) is 1. The monoisotopic (exact) mass is 380 g/mol. The number of hydrogen-bond acceptors (Lipinski definition) is 4. The molecule has 1 aliphatic carbocycles. The van der Waals surface area contributed by atoms with E-state index in [0.717, 1.165) is 29.3 Å². The van der Waals surface area contributed by atoms with Crippen LogP contribution in [0.1, 0.15) is 38.5 Å². The van der Waals surface area contributed by atoms with E-state index in [-0.39, 0.29) is 17.9 Å². The van der Waals surface area contributed by atoms with E-state index < -0.39 is 0 Å². The smallest absolute Gasteiger partial charge is 0.323 e. The van der Waals surface area contributed by atoms with Crippen molar-refractivity contribution in [3.63, 3.8) is 0 Å². The van der Waals surface area contributed by atoms with Gasteiger partial charge in [0.2, 0.25) is 5.91 Å². The number of esters is 1. The van der Waals surface area contributed by atoms with Crippen molar-refractivity contribution in [1.82, 2.24) is 4.90 Å². The molecule has 5 nitrogen and oxygen atoms in total. The molecule has 1 saturated heterocycles. The summed E-state index contributed by atoms with van der Waals surface area (Å²) >= 11 is 0. The number of carbonyl (C=O) groups excluding carboxylic acids is 2. The van der Waals surface area contributed by atoms with E-state index in [2.05, 4.69) is 10.2 Å². The molecule has 2 aromatic rings. The molecular weight excluding hydrogens is 352 g/mol. The molecule has 1 N–H and O–H groups in total. The lowest BCUT2D eigenvalue weighted by molar-refractivity contribution is -0.146. The second-order valence-electron chi connectivity index (χ2n) is 7.95. The van der Waals surface area contributed by atoms with Gasteiger partial charge in [-0.1, -0.05) is 49.2 Å². The number of anilines is 1. The molecule has 1 amide bonds. The van der Waals surface area contributed by atoms with Gasteiger partial charge in [-0.2, -0.15) is 0 Å². The summed E-state index contributed by atoms with van der Waals surface area (Å²) in [6, 6.07) is 14.2. The highest BCUT2D eigenvalue weighted by atomic mass is 16.5. The average molecular weight is 380 g/mol. The fourth-order valence-corrected chi connectivity index (χ4v) is 5.02. The third-order valence-electron chi connectivity index (χ3n) is 6.36. The minimum atomic E-state index is -0.205. The van der Waals surface area contributed by atoms with Gasteiger partial charge >= 0.3 is 5.97 Å². The van der Waals surface area contributed by atoms with Crippen molar-refractivity contribution < 1.29 is 14.3 Å². The van der Waals surface area contributed by atoms with E-state index in [1.54, 1.807) is 0 Å². The van der Waals surface area contributed by atoms with Crippen LogP contribution in [0.3, 0.4) is 0 Å². The fraction of sp³-hybridized carbons (Fsp3) is 0.478. The summed E-state index contributed by atoms with van der Waals surface area (Å²) in [6.07, 6.45) is 5.97. The maximum Gasteiger partial charge on any atom is 0.323 e. The Morgan fingerprint density at radius 3 is 2.75 bits per heavy atom. The number of benzene rings is 2. The number of carbonyl (C=O) groups is 2. The van der Waals surface area contributed by atoms with Gasteiger partial charge in [-0.25, -0.2) is 0 Å². The van der Waals surface area contributed by atoms with E-state index >= 15 is 0 Å². The third kappa shape index (κ3) is 3.76. The van der Waals surface area contributed by atoms with Crippen molar-refractivity contribution in [1.29, 1.82) is 0 Å². The molecule has 0 spiro atoms. The molecule has 2 fully saturated rings. The van der Waals surface area contributed by atoms with Crippen LogP contribution in [0.25, 0.3) is 10.8 Å². The van der Waals surface area contributed by atoms with Crippen LogP contribution in [-0.2, 0) is 14.3 Å². The Morgan fingerprint density at radius 2 is 1.89 bits per heavy atom. The predicted molar refractivity (Wildman–Crippen MR) is 110 cm³/mol. The largest absolute Gasteiger partial charge is 0.468 e. The Balaban J connectivity index is 1.43. The van der Waals surface area contributed by atoms with E-state index in [0.29, 0.717) is 24.9 Å². The lowest BCUT2D eigenvalue weighted by atomic mass is 9.85. The molecular formula is C23H28N2O3. The average Bonchev–Trinajstić information content (AvgIpc) is 3.10. The summed E-state index contributed by atoms with van der Waals surface area (Å²) in [5, 5.41) is 5.21. The van der Waals surface area contributed by atoms with E-state index in [9.17, 15) is 9.59 Å². The van der Waals surface area contributed by atoms with Gasteiger partial charge in [0.1, 0.15) is 6.04 Å². The van der Waals surface area contributed by atoms with Crippen LogP contribution in [0.5, 0.6) is 0 Å². The van der Waals surface area contributed by atoms with Gasteiger partial charge in [-0.15, -0.1) is 0 Å². The maximum absolute atomic E-state index is 12.7. The SMILES string of the molecule is COC(=O)C1CC2CCCCC2N1CCC(=O)Nc1cccc2ccccc12. The predicted octanol–water partition coefficient (Wildman–Crippen LogP) is 3.97. The summed E-state index contributed by atoms with van der Waals surface area (Å²) in [5.74, 6) is 0.377. The molecule has 4 rings (SSSR count). The van der Waals surface area contributed by atoms with Gasteiger partial charge in [-0.3, -0.25) is 14.5 Å². The molecule has 3 unspecified atom stereocenters. The van der Waals surface area contributed by atoms with Crippen LogP contribution in [0.15, 0.2) is 42.5 Å². The highest BCUT2D eigenvalue weighted by molar-refractivity contribution is 6.02. The van der Waals surface area contributed by atoms with Crippen molar-refractivity contribution >= 4 is 28.3 Å². The zero-order valence-electron chi connectivity index (χ0n) is 16.4. The van der Waals surface area contributed by atoms with Gasteiger partial charge in [0.15, 0.2) is 0 Å². The Kier molecular flexibility index (Phi) is 5.62. The number of ether oxygens (including phenoxy) is 1. The van der Waals surface area contributed by atoms with Gasteiger partial charge < -0.3 is 10.1 Å². The first-order valence-electron chi connectivity index (χ1n) is 10.3. The van der Waals surface area contributed by atoms with Crippen LogP contribution >= 0.6 is 0 Å². The summed E-state index contributed by atoms with van der Waals surface area (Å²) in [7, 11) is 1.45. The number of rotatable bonds is 5. The molecule has 0 radical (unpaired) electrons. The Labute approximate surface area is 166 Å². The molecule has 2 aromatic carbocycles. The second kappa shape index (κ2) is 8.31. The van der Waals surface area contributed by atoms with Crippen LogP contribution in [0, 0.1) is 5.92 Å². The molecule has 1 saturated carbocycles. The Morgan fingerprint density at radius 1 is 1.11 bits per heavy atom. The molecule has 2 aliphatic rings. The summed E-state index contributed by atoms with van der Waals surface area (Å²) in [5.41, 5.74) is 0.838. The normalized spacial score (nSPS) is 24.7. The third-order valence-corrected chi connectivity index (χ3v) is 6.36. The molecule has 3 atom stereocenters. The molecule has 1 aliphatic heterocycles. The van der Waals surface area contributed by atoms with Gasteiger partial charge in [-0.05, 0) is 36.6 Å². The van der Waals surface area contributed by atoms with Crippen molar-refractivity contribution in [2.24, 2.45) is 5.92 Å². The molecule has 28 heavy (non-hydrogen) atoms. The maximum atomic E-state index is 12.7. The summed E-state index contributed by atoms with van der Waals surface area (Å²) in [4.78, 5) is 27.2. The van der Waals surface area contributed by atoms with Crippen molar-refractivity contribution in [2.45, 2.75) is 50.6 Å². The van der Waals surface area contributed by atoms with Crippen molar-refractivity contribution in [3.05, 3.63) is 42.5 Å². The van der Waals surface area contributed by atoms with E-state index in [1.807, 2.05) is 42.5 Å². The molecule has 5 heteroatoms. The van der Waals surface area contributed by atoms with Gasteiger partial charge in [0.05, 0.1) is 7.11 Å². The van der Waals surface area contributed by atoms with Crippen LogP contribution in [0.4, 0.5) is 5.69 Å². The highest BCUT2D eigenvalue weighted by Gasteiger charge is 2.45. The lowest BCUT2D eigenvalue weighted by Gasteiger charge is -2.33. The number of methoxy groups -OCH3 is 1. The Hall–Kier alpha value is -2.40. The number of hydrogen-bond donors (Lipinski definition) is 1. The molecule has 0 aromatic heterocycles. The van der Waals surface area contributed by atoms with Crippen LogP contribution < -0.4 is 5.32 Å². The van der Waals surface area contributed by atoms with Crippen LogP contribution in [0.2, 0.25) is 0 Å². The van der Waals surface area contributed by atoms with E-state index in [4.69, 9.17) is 4.74 Å². The zero-order valence-corrected chi connectivity index (χ0v) is 16.4. The molecule has 1 heterocycles. The lowest BCUT2D eigenvalue weighted by Crippen LogP contribution is -2.44. The Bertz CT molecular complexity index is 861. The standard InChI is InChI=1S/C23H28N2O3/c1-28-23(27)21-15-17-8-3-5-12-20(17)25(21)14-13-22(26)24-19-11-6-9-16-7-2-4-10-18(16)19/h2,4,6-7,9-11,17,20-21H,3,5,8,12-15H2,1H3,(H,24,26). The van der Waals surface area contributed by atoms with Crippen LogP contribution in [-0.4, -0.2) is 42.5 Å². The summed E-state index contributed by atoms with van der Waals surface area (Å²) < 4.78 is 5.04. The number of amides is 1. The fourth-order valence-electron chi connectivity index (χ4n) is 5.02. The first-order valence-corrected chi connectivity index (χ1v) is 10.3. The topological polar surface area (TPSA) is 58.6 Å². The minimum absolute atomic E-state index is 0.0146. The second-order valence-corrected chi connectivity index (χ2v) is 7.95. The van der Waals surface area contributed by atoms with Gasteiger partial charge in [0, 0.05) is 30.1 Å². The van der Waals surface area contributed by atoms with E-state index in [1.165, 1.54) is 26.4 Å². The first-order chi connectivity index (χ1) is 13.7. The molecule has 148 valence electrons. The number of fused-ring (bicyclic) bond motifs is 2. The number of nitrogens with zero attached hydrogens (tertiary/aromatic N) is 1. The van der Waals surface area contributed by atoms with Gasteiger partial charge in [0.25, 0.3) is 0 Å². The van der Waals surface area contributed by atoms with Crippen molar-refractivity contribution in [3.8, 4) is 0 Å². The minimum Gasteiger partial charge on any atom is -0.468 e. The first kappa shape index (κ1) is 18.9. The molecule has 0 bridgehead atoms. The quantitative estimate of drug-likeness (QED) is 0.798.